The van der Waals surface area contributed by atoms with Crippen molar-refractivity contribution in [2.75, 3.05) is 6.26 Å². The number of alkyl halides is 3. The summed E-state index contributed by atoms with van der Waals surface area (Å²) >= 11 is 6.71. The topological polar surface area (TPSA) is 12.9 Å². The Kier molecular flexibility index (Phi) is 3.66. The number of hydrogen-bond acceptors (Lipinski definition) is 2. The van der Waals surface area contributed by atoms with E-state index < -0.39 is 11.9 Å². The third-order valence-electron chi connectivity index (χ3n) is 1.51. The molecule has 6 heteroatoms. The maximum absolute atomic E-state index is 12.4. The Hall–Kier alpha value is -0.420. The van der Waals surface area contributed by atoms with Crippen LogP contribution in [0.4, 0.5) is 13.2 Å². The van der Waals surface area contributed by atoms with Gasteiger partial charge in [-0.2, -0.15) is 24.9 Å². The van der Waals surface area contributed by atoms with E-state index in [1.807, 2.05) is 0 Å². The Morgan fingerprint density at radius 3 is 2.57 bits per heavy atom. The first-order valence-corrected chi connectivity index (χ1v) is 5.44. The molecule has 0 saturated heterocycles. The van der Waals surface area contributed by atoms with Crippen LogP contribution >= 0.6 is 23.4 Å². The van der Waals surface area contributed by atoms with Crippen molar-refractivity contribution in [3.05, 3.63) is 28.5 Å². The van der Waals surface area contributed by atoms with Gasteiger partial charge >= 0.3 is 6.18 Å². The SMILES string of the molecule is CSCc1ccc(Cl)nc1C(F)(F)F. The molecule has 1 rings (SSSR count). The molecule has 1 nitrogen and oxygen atoms in total. The summed E-state index contributed by atoms with van der Waals surface area (Å²) in [5.74, 6) is 0.277. The van der Waals surface area contributed by atoms with Crippen molar-refractivity contribution in [2.45, 2.75) is 11.9 Å². The predicted molar refractivity (Wildman–Crippen MR) is 51.5 cm³/mol. The minimum Gasteiger partial charge on any atom is -0.231 e. The second-order valence-electron chi connectivity index (χ2n) is 2.57. The Bertz CT molecular complexity index is 327. The van der Waals surface area contributed by atoms with Crippen LogP contribution in [-0.2, 0) is 11.9 Å². The Labute approximate surface area is 88.7 Å². The van der Waals surface area contributed by atoms with Gasteiger partial charge in [0.1, 0.15) is 10.8 Å². The van der Waals surface area contributed by atoms with Crippen molar-refractivity contribution in [3.63, 3.8) is 0 Å². The molecular weight excluding hydrogens is 235 g/mol. The standard InChI is InChI=1S/C8H7ClF3NS/c1-14-4-5-2-3-6(9)13-7(5)8(10,11)12/h2-3H,4H2,1H3. The first kappa shape index (κ1) is 11.7. The second kappa shape index (κ2) is 4.40. The summed E-state index contributed by atoms with van der Waals surface area (Å²) in [6, 6.07) is 2.72. The van der Waals surface area contributed by atoms with E-state index in [2.05, 4.69) is 4.98 Å². The fraction of sp³-hybridized carbons (Fsp3) is 0.375. The zero-order chi connectivity index (χ0) is 10.8. The van der Waals surface area contributed by atoms with E-state index in [0.29, 0.717) is 0 Å². The van der Waals surface area contributed by atoms with Crippen molar-refractivity contribution >= 4 is 23.4 Å². The van der Waals surface area contributed by atoms with Crippen molar-refractivity contribution in [1.82, 2.24) is 4.98 Å². The van der Waals surface area contributed by atoms with Crippen LogP contribution in [0, 0.1) is 0 Å². The summed E-state index contributed by atoms with van der Waals surface area (Å²) in [5, 5.41) is -0.137. The van der Waals surface area contributed by atoms with Crippen molar-refractivity contribution in [2.24, 2.45) is 0 Å². The number of nitrogens with zero attached hydrogens (tertiary/aromatic N) is 1. The lowest BCUT2D eigenvalue weighted by Crippen LogP contribution is -2.11. The molecule has 0 unspecified atom stereocenters. The Morgan fingerprint density at radius 1 is 1.43 bits per heavy atom. The van der Waals surface area contributed by atoms with Gasteiger partial charge in [-0.3, -0.25) is 0 Å². The first-order valence-electron chi connectivity index (χ1n) is 3.66. The van der Waals surface area contributed by atoms with Gasteiger partial charge in [0, 0.05) is 5.75 Å². The number of aromatic nitrogens is 1. The maximum Gasteiger partial charge on any atom is 0.433 e. The quantitative estimate of drug-likeness (QED) is 0.734. The van der Waals surface area contributed by atoms with Gasteiger partial charge < -0.3 is 0 Å². The number of rotatable bonds is 2. The molecule has 0 aromatic carbocycles. The molecule has 0 radical (unpaired) electrons. The van der Waals surface area contributed by atoms with Crippen molar-refractivity contribution < 1.29 is 13.2 Å². The smallest absolute Gasteiger partial charge is 0.231 e. The van der Waals surface area contributed by atoms with E-state index in [1.54, 1.807) is 6.26 Å². The lowest BCUT2D eigenvalue weighted by molar-refractivity contribution is -0.141. The van der Waals surface area contributed by atoms with Crippen LogP contribution in [-0.4, -0.2) is 11.2 Å². The van der Waals surface area contributed by atoms with E-state index >= 15 is 0 Å². The first-order chi connectivity index (χ1) is 6.45. The Morgan fingerprint density at radius 2 is 2.07 bits per heavy atom. The summed E-state index contributed by atoms with van der Waals surface area (Å²) in [7, 11) is 0. The van der Waals surface area contributed by atoms with E-state index in [-0.39, 0.29) is 16.5 Å². The molecule has 0 aliphatic carbocycles. The highest BCUT2D eigenvalue weighted by Crippen LogP contribution is 2.32. The molecule has 1 aromatic rings. The minimum atomic E-state index is -4.43. The molecule has 0 spiro atoms. The van der Waals surface area contributed by atoms with E-state index in [0.717, 1.165) is 0 Å². The molecule has 0 atom stereocenters. The van der Waals surface area contributed by atoms with Crippen LogP contribution in [0.2, 0.25) is 5.15 Å². The van der Waals surface area contributed by atoms with Gasteiger partial charge in [0.25, 0.3) is 0 Å². The van der Waals surface area contributed by atoms with Gasteiger partial charge in [-0.25, -0.2) is 4.98 Å². The summed E-state index contributed by atoms with van der Waals surface area (Å²) in [6.45, 7) is 0. The van der Waals surface area contributed by atoms with Gasteiger partial charge in [-0.1, -0.05) is 17.7 Å². The molecule has 0 aliphatic heterocycles. The summed E-state index contributed by atoms with van der Waals surface area (Å²) in [5.41, 5.74) is -0.728. The summed E-state index contributed by atoms with van der Waals surface area (Å²) < 4.78 is 37.3. The van der Waals surface area contributed by atoms with Gasteiger partial charge in [-0.15, -0.1) is 0 Å². The Balaban J connectivity index is 3.16. The zero-order valence-corrected chi connectivity index (χ0v) is 8.80. The molecule has 14 heavy (non-hydrogen) atoms. The monoisotopic (exact) mass is 241 g/mol. The van der Waals surface area contributed by atoms with Gasteiger partial charge in [0.2, 0.25) is 0 Å². The highest BCUT2D eigenvalue weighted by Gasteiger charge is 2.35. The minimum absolute atomic E-state index is 0.137. The van der Waals surface area contributed by atoms with Crippen LogP contribution in [0.25, 0.3) is 0 Å². The molecule has 0 bridgehead atoms. The molecule has 1 heterocycles. The van der Waals surface area contributed by atoms with Crippen molar-refractivity contribution in [1.29, 1.82) is 0 Å². The van der Waals surface area contributed by atoms with E-state index in [4.69, 9.17) is 11.6 Å². The number of halogens is 4. The average molecular weight is 242 g/mol. The molecule has 0 saturated carbocycles. The average Bonchev–Trinajstić information content (AvgIpc) is 2.07. The van der Waals surface area contributed by atoms with Crippen molar-refractivity contribution in [3.8, 4) is 0 Å². The predicted octanol–water partition coefficient (Wildman–Crippen LogP) is 3.62. The molecule has 0 fully saturated rings. The van der Waals surface area contributed by atoms with Crippen LogP contribution in [0.3, 0.4) is 0 Å². The van der Waals surface area contributed by atoms with Gasteiger partial charge in [0.15, 0.2) is 0 Å². The molecule has 0 amide bonds. The zero-order valence-electron chi connectivity index (χ0n) is 7.23. The molecule has 0 aliphatic rings. The lowest BCUT2D eigenvalue weighted by Gasteiger charge is -2.10. The number of thioether (sulfide) groups is 1. The summed E-state index contributed by atoms with van der Waals surface area (Å²) in [4.78, 5) is 3.29. The van der Waals surface area contributed by atoms with Crippen LogP contribution in [0.1, 0.15) is 11.3 Å². The largest absolute Gasteiger partial charge is 0.433 e. The molecule has 0 N–H and O–H groups in total. The maximum atomic E-state index is 12.4. The lowest BCUT2D eigenvalue weighted by atomic mass is 10.2. The molecule has 78 valence electrons. The number of pyridine rings is 1. The second-order valence-corrected chi connectivity index (χ2v) is 3.83. The molecular formula is C8H7ClF3NS. The highest BCUT2D eigenvalue weighted by atomic mass is 35.5. The van der Waals surface area contributed by atoms with E-state index in [9.17, 15) is 13.2 Å². The fourth-order valence-electron chi connectivity index (χ4n) is 0.982. The number of hydrogen-bond donors (Lipinski definition) is 0. The van der Waals surface area contributed by atoms with Gasteiger partial charge in [0.05, 0.1) is 0 Å². The highest BCUT2D eigenvalue weighted by molar-refractivity contribution is 7.97. The van der Waals surface area contributed by atoms with Gasteiger partial charge in [-0.05, 0) is 17.9 Å². The van der Waals surface area contributed by atoms with Crippen LogP contribution < -0.4 is 0 Å². The summed E-state index contributed by atoms with van der Waals surface area (Å²) in [6.07, 6.45) is -2.70. The van der Waals surface area contributed by atoms with Crippen LogP contribution in [0.15, 0.2) is 12.1 Å². The normalized spacial score (nSPS) is 11.8. The molecule has 1 aromatic heterocycles. The third-order valence-corrected chi connectivity index (χ3v) is 2.32. The van der Waals surface area contributed by atoms with E-state index in [1.165, 1.54) is 23.9 Å². The fourth-order valence-corrected chi connectivity index (χ4v) is 1.67. The third kappa shape index (κ3) is 2.78. The van der Waals surface area contributed by atoms with Crippen LogP contribution in [0.5, 0.6) is 0 Å².